The SMILES string of the molecule is CCOC(=O)c1cn(C2CC2)c2c3c(c(F)cc2c1=O)N1CC(O)(COc2ccc(N4C[C@H](CNC(C)=O)OC4=O)cc2F)CC1CO3. The number of carbonyl (C=O) groups excluding carboxylic acids is 3. The third-order valence-electron chi connectivity index (χ3n) is 9.04. The molecule has 4 aliphatic rings. The highest BCUT2D eigenvalue weighted by molar-refractivity contribution is 5.98. The molecule has 3 aliphatic heterocycles. The van der Waals surface area contributed by atoms with Crippen LogP contribution in [0.25, 0.3) is 10.9 Å². The summed E-state index contributed by atoms with van der Waals surface area (Å²) in [5.41, 5.74) is -1.63. The summed E-state index contributed by atoms with van der Waals surface area (Å²) in [5.74, 6) is -2.55. The Morgan fingerprint density at radius 3 is 2.65 bits per heavy atom. The molecule has 3 fully saturated rings. The van der Waals surface area contributed by atoms with Gasteiger partial charge >= 0.3 is 12.1 Å². The Kier molecular flexibility index (Phi) is 7.89. The molecule has 1 aliphatic carbocycles. The molecule has 13 nitrogen and oxygen atoms in total. The number of benzene rings is 2. The number of anilines is 2. The van der Waals surface area contributed by atoms with Crippen molar-refractivity contribution in [1.29, 1.82) is 0 Å². The van der Waals surface area contributed by atoms with E-state index < -0.39 is 46.9 Å². The number of aliphatic hydroxyl groups is 1. The molecule has 0 bridgehead atoms. The highest BCUT2D eigenvalue weighted by atomic mass is 19.1. The lowest BCUT2D eigenvalue weighted by atomic mass is 10.0. The molecule has 7 rings (SSSR count). The van der Waals surface area contributed by atoms with Gasteiger partial charge in [0.05, 0.1) is 48.9 Å². The first-order valence-corrected chi connectivity index (χ1v) is 15.8. The van der Waals surface area contributed by atoms with Gasteiger partial charge in [-0.15, -0.1) is 0 Å². The first kappa shape index (κ1) is 31.7. The van der Waals surface area contributed by atoms with E-state index in [2.05, 4.69) is 5.32 Å². The van der Waals surface area contributed by atoms with E-state index in [9.17, 15) is 24.3 Å². The Morgan fingerprint density at radius 1 is 1.15 bits per heavy atom. The van der Waals surface area contributed by atoms with Crippen molar-refractivity contribution in [3.05, 3.63) is 57.9 Å². The molecule has 0 spiro atoms. The molecular formula is C33H34F2N4O9. The van der Waals surface area contributed by atoms with Crippen molar-refractivity contribution in [3.8, 4) is 11.5 Å². The fourth-order valence-electron chi connectivity index (χ4n) is 6.68. The number of nitrogens with one attached hydrogen (secondary N) is 1. The number of carbonyl (C=O) groups is 3. The highest BCUT2D eigenvalue weighted by Gasteiger charge is 2.48. The third-order valence-corrected chi connectivity index (χ3v) is 9.04. The zero-order chi connectivity index (χ0) is 33.9. The Bertz CT molecular complexity index is 1900. The van der Waals surface area contributed by atoms with E-state index in [0.29, 0.717) is 5.52 Å². The van der Waals surface area contributed by atoms with Crippen molar-refractivity contribution in [3.63, 3.8) is 0 Å². The first-order chi connectivity index (χ1) is 23.0. The number of halogens is 2. The van der Waals surface area contributed by atoms with E-state index in [1.54, 1.807) is 16.4 Å². The Labute approximate surface area is 272 Å². The molecule has 2 unspecified atom stereocenters. The van der Waals surface area contributed by atoms with Gasteiger partial charge in [0.15, 0.2) is 23.1 Å². The standard InChI is InChI=1S/C33H34F2N4O9/c1-3-45-31(42)23-13-37(18-4-5-18)27-22(29(23)41)9-25(35)28-30(27)46-14-20-10-33(44,15-39(20)28)16-47-26-7-6-19(8-24(26)34)38-12-21(48-32(38)43)11-36-17(2)40/h6-9,13,18,20-21,44H,3-5,10-12,14-16H2,1-2H3,(H,36,40)/t20?,21-,33?/m0/s1. The van der Waals surface area contributed by atoms with Crippen molar-refractivity contribution in [2.45, 2.75) is 56.9 Å². The number of hydrogen-bond acceptors (Lipinski definition) is 10. The predicted molar refractivity (Wildman–Crippen MR) is 167 cm³/mol. The van der Waals surface area contributed by atoms with Crippen LogP contribution in [0.2, 0.25) is 0 Å². The summed E-state index contributed by atoms with van der Waals surface area (Å²) in [6, 6.07) is 4.63. The molecule has 1 aromatic heterocycles. The molecule has 2 saturated heterocycles. The molecule has 3 atom stereocenters. The monoisotopic (exact) mass is 668 g/mol. The van der Waals surface area contributed by atoms with Gasteiger partial charge in [0.1, 0.15) is 36.2 Å². The maximum absolute atomic E-state index is 15.9. The van der Waals surface area contributed by atoms with Gasteiger partial charge < -0.3 is 38.8 Å². The lowest BCUT2D eigenvalue weighted by Crippen LogP contribution is -2.41. The van der Waals surface area contributed by atoms with Crippen LogP contribution in [0.5, 0.6) is 11.5 Å². The van der Waals surface area contributed by atoms with Gasteiger partial charge in [0.2, 0.25) is 11.3 Å². The van der Waals surface area contributed by atoms with Crippen LogP contribution in [-0.2, 0) is 14.3 Å². The molecule has 3 aromatic rings. The molecule has 2 amide bonds. The van der Waals surface area contributed by atoms with Crippen LogP contribution in [-0.4, -0.2) is 84.8 Å². The largest absolute Gasteiger partial charge is 0.487 e. The van der Waals surface area contributed by atoms with Gasteiger partial charge in [-0.25, -0.2) is 18.4 Å². The second-order valence-corrected chi connectivity index (χ2v) is 12.6. The predicted octanol–water partition coefficient (Wildman–Crippen LogP) is 3.03. The third kappa shape index (κ3) is 5.65. The second-order valence-electron chi connectivity index (χ2n) is 12.6. The minimum absolute atomic E-state index is 0.00337. The van der Waals surface area contributed by atoms with Crippen molar-refractivity contribution in [1.82, 2.24) is 9.88 Å². The molecule has 4 heterocycles. The Morgan fingerprint density at radius 2 is 1.94 bits per heavy atom. The summed E-state index contributed by atoms with van der Waals surface area (Å²) >= 11 is 0. The Balaban J connectivity index is 1.10. The Hall–Kier alpha value is -4.92. The zero-order valence-corrected chi connectivity index (χ0v) is 26.3. The average molecular weight is 669 g/mol. The number of cyclic esters (lactones) is 1. The fraction of sp³-hybridized carbons (Fsp3) is 0.455. The van der Waals surface area contributed by atoms with E-state index in [0.717, 1.165) is 25.0 Å². The van der Waals surface area contributed by atoms with E-state index in [1.165, 1.54) is 30.2 Å². The molecule has 15 heteroatoms. The number of rotatable bonds is 9. The van der Waals surface area contributed by atoms with E-state index in [4.69, 9.17) is 18.9 Å². The van der Waals surface area contributed by atoms with Crippen molar-refractivity contribution < 1.29 is 47.2 Å². The van der Waals surface area contributed by atoms with Crippen LogP contribution < -0.4 is 30.0 Å². The van der Waals surface area contributed by atoms with Gasteiger partial charge in [0, 0.05) is 31.6 Å². The quantitative estimate of drug-likeness (QED) is 0.326. The second kappa shape index (κ2) is 12.0. The molecule has 48 heavy (non-hydrogen) atoms. The number of fused-ring (bicyclic) bond motifs is 5. The lowest BCUT2D eigenvalue weighted by Gasteiger charge is -2.34. The fourth-order valence-corrected chi connectivity index (χ4v) is 6.68. The number of hydrogen-bond donors (Lipinski definition) is 2. The smallest absolute Gasteiger partial charge is 0.414 e. The normalized spacial score (nSPS) is 23.0. The number of ether oxygens (including phenoxy) is 4. The number of aromatic nitrogens is 1. The summed E-state index contributed by atoms with van der Waals surface area (Å²) in [6.07, 6.45) is 1.96. The van der Waals surface area contributed by atoms with Crippen LogP contribution in [0.1, 0.15) is 49.5 Å². The maximum Gasteiger partial charge on any atom is 0.414 e. The number of esters is 1. The minimum Gasteiger partial charge on any atom is -0.487 e. The van der Waals surface area contributed by atoms with Gasteiger partial charge in [0.25, 0.3) is 0 Å². The summed E-state index contributed by atoms with van der Waals surface area (Å²) < 4.78 is 55.0. The van der Waals surface area contributed by atoms with E-state index in [-0.39, 0.29) is 91.6 Å². The molecule has 0 radical (unpaired) electrons. The maximum atomic E-state index is 15.9. The van der Waals surface area contributed by atoms with Crippen molar-refractivity contribution in [2.75, 3.05) is 49.3 Å². The van der Waals surface area contributed by atoms with Gasteiger partial charge in [-0.05, 0) is 38.0 Å². The van der Waals surface area contributed by atoms with Crippen LogP contribution >= 0.6 is 0 Å². The van der Waals surface area contributed by atoms with Crippen LogP contribution in [0.3, 0.4) is 0 Å². The van der Waals surface area contributed by atoms with Gasteiger partial charge in [-0.2, -0.15) is 0 Å². The lowest BCUT2D eigenvalue weighted by molar-refractivity contribution is -0.119. The molecule has 254 valence electrons. The summed E-state index contributed by atoms with van der Waals surface area (Å²) in [4.78, 5) is 52.4. The van der Waals surface area contributed by atoms with Crippen LogP contribution in [0, 0.1) is 11.6 Å². The van der Waals surface area contributed by atoms with Crippen LogP contribution in [0.4, 0.5) is 25.0 Å². The molecule has 2 N–H and O–H groups in total. The van der Waals surface area contributed by atoms with Crippen LogP contribution in [0.15, 0.2) is 35.3 Å². The minimum atomic E-state index is -1.51. The topological polar surface area (TPSA) is 149 Å². The van der Waals surface area contributed by atoms with Crippen molar-refractivity contribution >= 4 is 40.2 Å². The van der Waals surface area contributed by atoms with Gasteiger partial charge in [-0.1, -0.05) is 0 Å². The number of amides is 2. The summed E-state index contributed by atoms with van der Waals surface area (Å²) in [5, 5.41) is 14.1. The number of nitrogens with zero attached hydrogens (tertiary/aromatic N) is 3. The van der Waals surface area contributed by atoms with E-state index in [1.807, 2.05) is 0 Å². The summed E-state index contributed by atoms with van der Waals surface area (Å²) in [6.45, 7) is 3.03. The van der Waals surface area contributed by atoms with Crippen molar-refractivity contribution in [2.24, 2.45) is 0 Å². The van der Waals surface area contributed by atoms with Gasteiger partial charge in [-0.3, -0.25) is 14.5 Å². The molecular weight excluding hydrogens is 634 g/mol. The summed E-state index contributed by atoms with van der Waals surface area (Å²) in [7, 11) is 0. The number of pyridine rings is 1. The average Bonchev–Trinajstić information content (AvgIpc) is 3.73. The zero-order valence-electron chi connectivity index (χ0n) is 26.3. The van der Waals surface area contributed by atoms with E-state index >= 15 is 8.78 Å². The molecule has 1 saturated carbocycles. The first-order valence-electron chi connectivity index (χ1n) is 15.8. The highest BCUT2D eigenvalue weighted by Crippen LogP contribution is 2.48. The molecule has 2 aromatic carbocycles.